The van der Waals surface area contributed by atoms with E-state index in [1.165, 1.54) is 6.42 Å². The summed E-state index contributed by atoms with van der Waals surface area (Å²) in [5, 5.41) is -4.76. The smallest absolute Gasteiger partial charge is 0.405 e. The molecule has 4 aliphatic carbocycles. The van der Waals surface area contributed by atoms with Crippen molar-refractivity contribution < 1.29 is 69.4 Å². The molecular weight excluding hydrogens is 614 g/mol. The van der Waals surface area contributed by atoms with Crippen LogP contribution in [0.1, 0.15) is 65.7 Å². The van der Waals surface area contributed by atoms with Crippen LogP contribution >= 0.6 is 0 Å². The Morgan fingerprint density at radius 1 is 0.955 bits per heavy atom. The maximum atomic E-state index is 13.6. The molecule has 1 N–H and O–H groups in total. The van der Waals surface area contributed by atoms with Gasteiger partial charge in [0.15, 0.2) is 18.3 Å². The van der Waals surface area contributed by atoms with Gasteiger partial charge in [0.2, 0.25) is 5.79 Å². The van der Waals surface area contributed by atoms with Gasteiger partial charge in [-0.15, -0.1) is 0 Å². The number of esters is 4. The van der Waals surface area contributed by atoms with Crippen LogP contribution in [-0.2, 0) is 57.7 Å². The highest BCUT2D eigenvalue weighted by molar-refractivity contribution is 7.86. The molecule has 4 saturated carbocycles. The lowest BCUT2D eigenvalue weighted by Crippen LogP contribution is -2.53. The summed E-state index contributed by atoms with van der Waals surface area (Å²) in [6, 6.07) is 0. The zero-order valence-corrected chi connectivity index (χ0v) is 25.2. The zero-order chi connectivity index (χ0) is 31.9. The lowest BCUT2D eigenvalue weighted by atomic mass is 9.55. The maximum absolute atomic E-state index is 13.6. The minimum atomic E-state index is -5.85. The van der Waals surface area contributed by atoms with E-state index in [1.54, 1.807) is 13.8 Å². The predicted molar refractivity (Wildman–Crippen MR) is 139 cm³/mol. The lowest BCUT2D eigenvalue weighted by molar-refractivity contribution is -0.270. The minimum Gasteiger partial charge on any atom is -0.455 e. The van der Waals surface area contributed by atoms with E-state index in [9.17, 15) is 36.4 Å². The minimum absolute atomic E-state index is 0.0228. The van der Waals surface area contributed by atoms with Gasteiger partial charge in [-0.2, -0.15) is 17.2 Å². The van der Waals surface area contributed by atoms with E-state index in [0.29, 0.717) is 18.8 Å². The second kappa shape index (κ2) is 10.8. The summed E-state index contributed by atoms with van der Waals surface area (Å²) in [5.41, 5.74) is 0. The monoisotopic (exact) mass is 650 g/mol. The Labute approximate surface area is 252 Å². The zero-order valence-electron chi connectivity index (χ0n) is 24.4. The van der Waals surface area contributed by atoms with E-state index in [4.69, 9.17) is 28.2 Å². The molecule has 7 unspecified atom stereocenters. The third-order valence-corrected chi connectivity index (χ3v) is 11.0. The molecule has 0 aromatic rings. The van der Waals surface area contributed by atoms with Crippen LogP contribution in [0.4, 0.5) is 8.78 Å². The van der Waals surface area contributed by atoms with E-state index in [2.05, 4.69) is 4.74 Å². The van der Waals surface area contributed by atoms with Crippen molar-refractivity contribution in [2.75, 3.05) is 0 Å². The predicted octanol–water partition coefficient (Wildman–Crippen LogP) is 2.15. The van der Waals surface area contributed by atoms with E-state index in [1.807, 2.05) is 0 Å². The van der Waals surface area contributed by atoms with E-state index >= 15 is 0 Å². The van der Waals surface area contributed by atoms with Crippen LogP contribution < -0.4 is 0 Å². The van der Waals surface area contributed by atoms with Crippen LogP contribution in [0.5, 0.6) is 0 Å². The number of halogens is 2. The molecule has 7 aliphatic rings. The molecule has 0 amide bonds. The van der Waals surface area contributed by atoms with Crippen molar-refractivity contribution in [3.63, 3.8) is 0 Å². The van der Waals surface area contributed by atoms with Crippen LogP contribution in [0.25, 0.3) is 0 Å². The molecule has 0 aromatic carbocycles. The Morgan fingerprint density at radius 2 is 1.55 bits per heavy atom. The third-order valence-electron chi connectivity index (χ3n) is 10.0. The highest BCUT2D eigenvalue weighted by atomic mass is 32.2. The van der Waals surface area contributed by atoms with Gasteiger partial charge in [-0.1, -0.05) is 0 Å². The number of fused-ring (bicyclic) bond motifs is 1. The van der Waals surface area contributed by atoms with E-state index in [-0.39, 0.29) is 6.10 Å². The van der Waals surface area contributed by atoms with Crippen LogP contribution in [0, 0.1) is 35.5 Å². The molecular formula is C28H36F2O13S. The normalized spacial score (nSPS) is 39.2. The van der Waals surface area contributed by atoms with E-state index < -0.39 is 100 Å². The number of carbonyl (C=O) groups excluding carboxylic acids is 4. The van der Waals surface area contributed by atoms with Gasteiger partial charge in [-0.05, 0) is 62.7 Å². The Kier molecular flexibility index (Phi) is 7.77. The van der Waals surface area contributed by atoms with Gasteiger partial charge < -0.3 is 28.4 Å². The van der Waals surface area contributed by atoms with Gasteiger partial charge >= 0.3 is 39.2 Å². The average molecular weight is 651 g/mol. The Morgan fingerprint density at radius 3 is 2.14 bits per heavy atom. The SMILES string of the molecule is CC(OC(=O)CCC(=O)OC1C2OC(=O)C3C2OC1C3C(=O)OC(C)(C)OC1C2CC3CC(C2)CC1C3)C(F)(F)S(=O)(=O)O. The molecule has 3 heterocycles. The fraction of sp³-hybridized carbons (Fsp3) is 0.857. The summed E-state index contributed by atoms with van der Waals surface area (Å²) in [6.07, 6.45) is -2.37. The Balaban J connectivity index is 1.05. The van der Waals surface area contributed by atoms with Gasteiger partial charge in [0.25, 0.3) is 0 Å². The van der Waals surface area contributed by atoms with Crippen LogP contribution in [0.15, 0.2) is 0 Å². The lowest BCUT2D eigenvalue weighted by Gasteiger charge is -2.55. The summed E-state index contributed by atoms with van der Waals surface area (Å²) in [7, 11) is -5.85. The molecule has 44 heavy (non-hydrogen) atoms. The Bertz CT molecular complexity index is 1300. The third kappa shape index (κ3) is 5.49. The van der Waals surface area contributed by atoms with Crippen molar-refractivity contribution in [1.29, 1.82) is 0 Å². The molecule has 7 rings (SSSR count). The largest absolute Gasteiger partial charge is 0.455 e. The maximum Gasteiger partial charge on any atom is 0.405 e. The molecule has 16 heteroatoms. The Hall–Kier alpha value is -2.43. The first-order valence-corrected chi connectivity index (χ1v) is 16.4. The highest BCUT2D eigenvalue weighted by Gasteiger charge is 2.72. The van der Waals surface area contributed by atoms with Gasteiger partial charge in [0.1, 0.15) is 24.0 Å². The summed E-state index contributed by atoms with van der Waals surface area (Å²) in [4.78, 5) is 50.8. The number of rotatable bonds is 11. The summed E-state index contributed by atoms with van der Waals surface area (Å²) < 4.78 is 90.8. The summed E-state index contributed by atoms with van der Waals surface area (Å²) >= 11 is 0. The number of alkyl halides is 2. The van der Waals surface area contributed by atoms with Gasteiger partial charge in [0, 0.05) is 13.8 Å². The first kappa shape index (κ1) is 31.5. The van der Waals surface area contributed by atoms with Crippen molar-refractivity contribution in [2.45, 2.75) is 113 Å². The van der Waals surface area contributed by atoms with Gasteiger partial charge in [-0.3, -0.25) is 23.7 Å². The molecule has 7 fully saturated rings. The number of carbonyl (C=O) groups is 4. The first-order chi connectivity index (χ1) is 20.4. The fourth-order valence-electron chi connectivity index (χ4n) is 8.42. The molecule has 6 bridgehead atoms. The quantitative estimate of drug-likeness (QED) is 0.149. The second-order valence-corrected chi connectivity index (χ2v) is 15.0. The molecule has 13 nitrogen and oxygen atoms in total. The highest BCUT2D eigenvalue weighted by Crippen LogP contribution is 2.56. The molecule has 7 atom stereocenters. The van der Waals surface area contributed by atoms with Crippen LogP contribution in [0.2, 0.25) is 0 Å². The molecule has 0 spiro atoms. The van der Waals surface area contributed by atoms with Gasteiger partial charge in [-0.25, -0.2) is 0 Å². The van der Waals surface area contributed by atoms with E-state index in [0.717, 1.165) is 37.5 Å². The average Bonchev–Trinajstić information content (AvgIpc) is 3.52. The molecule has 3 aliphatic heterocycles. The summed E-state index contributed by atoms with van der Waals surface area (Å²) in [5.74, 6) is -4.88. The number of ether oxygens (including phenoxy) is 6. The molecule has 0 aromatic heterocycles. The fourth-order valence-corrected chi connectivity index (χ4v) is 8.89. The standard InChI is InChI=1S/C28H36F2O13S/c1-11(28(29,30)44(35,36)37)38-16(31)4-5-17(32)39-23-22-19(18-21(40-22)24(23)41-25(18)33)26(34)43-27(2,3)42-20-14-7-12-6-13(9-14)10-15(20)8-12/h11-15,18-24H,4-10H2,1-3H3,(H,35,36,37). The summed E-state index contributed by atoms with van der Waals surface area (Å²) in [6.45, 7) is 3.88. The van der Waals surface area contributed by atoms with Crippen molar-refractivity contribution in [3.8, 4) is 0 Å². The second-order valence-electron chi connectivity index (χ2n) is 13.5. The van der Waals surface area contributed by atoms with Crippen molar-refractivity contribution in [2.24, 2.45) is 35.5 Å². The van der Waals surface area contributed by atoms with Crippen LogP contribution in [-0.4, -0.2) is 84.5 Å². The van der Waals surface area contributed by atoms with Crippen LogP contribution in [0.3, 0.4) is 0 Å². The topological polar surface area (TPSA) is 178 Å². The molecule has 246 valence electrons. The number of hydrogen-bond donors (Lipinski definition) is 1. The van der Waals surface area contributed by atoms with Gasteiger partial charge in [0.05, 0.1) is 18.9 Å². The molecule has 0 radical (unpaired) electrons. The van der Waals surface area contributed by atoms with Crippen molar-refractivity contribution >= 4 is 34.0 Å². The van der Waals surface area contributed by atoms with Crippen molar-refractivity contribution in [1.82, 2.24) is 0 Å². The van der Waals surface area contributed by atoms with Crippen molar-refractivity contribution in [3.05, 3.63) is 0 Å². The molecule has 3 saturated heterocycles. The first-order valence-electron chi connectivity index (χ1n) is 15.0. The number of hydrogen-bond acceptors (Lipinski definition) is 12.